The van der Waals surface area contributed by atoms with Crippen molar-refractivity contribution in [2.24, 2.45) is 0 Å². The fourth-order valence-corrected chi connectivity index (χ4v) is 2.41. The average molecular weight is 285 g/mol. The minimum absolute atomic E-state index is 0.250. The topological polar surface area (TPSA) is 87.5 Å². The maximum Gasteiger partial charge on any atom is 0.315 e. The summed E-state index contributed by atoms with van der Waals surface area (Å²) in [4.78, 5) is 24.4. The first-order valence-electron chi connectivity index (χ1n) is 6.41. The summed E-state index contributed by atoms with van der Waals surface area (Å²) in [6, 6.07) is 9.78. The highest BCUT2D eigenvalue weighted by molar-refractivity contribution is 5.88. The number of carboxylic acid groups (broad SMARTS) is 2. The minimum Gasteiger partial charge on any atom is -0.483 e. The monoisotopic (exact) mass is 285 g/mol. The highest BCUT2D eigenvalue weighted by atomic mass is 16.4. The van der Waals surface area contributed by atoms with Crippen LogP contribution in [0, 0.1) is 0 Å². The van der Waals surface area contributed by atoms with Gasteiger partial charge in [0.15, 0.2) is 0 Å². The Labute approximate surface area is 121 Å². The third-order valence-corrected chi connectivity index (χ3v) is 3.57. The fraction of sp³-hybridized carbons (Fsp3) is 0.188. The van der Waals surface area contributed by atoms with E-state index >= 15 is 0 Å². The molecular weight excluding hydrogens is 270 g/mol. The van der Waals surface area contributed by atoms with Gasteiger partial charge in [-0.1, -0.05) is 30.4 Å². The Kier molecular flexibility index (Phi) is 4.03. The lowest BCUT2D eigenvalue weighted by Crippen LogP contribution is -2.35. The van der Waals surface area contributed by atoms with Gasteiger partial charge < -0.3 is 10.2 Å². The van der Waals surface area contributed by atoms with Crippen molar-refractivity contribution in [3.63, 3.8) is 0 Å². The number of aliphatic carboxylic acids is 1. The zero-order chi connectivity index (χ0) is 15.5. The standard InChI is InChI=1S/C15H13NO2.CH2O2/c1-15(14(17)18)8-4-6-11-9-10-5-2-3-7-12(10)16-13(11)15;2-1-3/h2-7,9H,8H2,1H3,(H,17,18);1H,(H,2,3). The molecule has 5 heteroatoms. The van der Waals surface area contributed by atoms with E-state index in [2.05, 4.69) is 4.98 Å². The van der Waals surface area contributed by atoms with E-state index in [0.29, 0.717) is 12.1 Å². The summed E-state index contributed by atoms with van der Waals surface area (Å²) in [6.45, 7) is 1.49. The van der Waals surface area contributed by atoms with Crippen LogP contribution < -0.4 is 0 Å². The average Bonchev–Trinajstić information content (AvgIpc) is 2.46. The Hall–Kier alpha value is -2.69. The van der Waals surface area contributed by atoms with Crippen LogP contribution in [0.15, 0.2) is 36.4 Å². The second kappa shape index (κ2) is 5.75. The van der Waals surface area contributed by atoms with Gasteiger partial charge in [-0.3, -0.25) is 14.6 Å². The highest BCUT2D eigenvalue weighted by Crippen LogP contribution is 2.35. The van der Waals surface area contributed by atoms with Gasteiger partial charge in [0.2, 0.25) is 0 Å². The van der Waals surface area contributed by atoms with Crippen LogP contribution in [0.2, 0.25) is 0 Å². The summed E-state index contributed by atoms with van der Waals surface area (Å²) in [5.74, 6) is -0.823. The number of carboxylic acids is 1. The second-order valence-corrected chi connectivity index (χ2v) is 4.97. The number of fused-ring (bicyclic) bond motifs is 2. The SMILES string of the molecule is CC1(C(=O)O)CC=Cc2cc3ccccc3nc21.O=CO. The lowest BCUT2D eigenvalue weighted by molar-refractivity contribution is -0.143. The maximum atomic E-state index is 11.5. The predicted molar refractivity (Wildman–Crippen MR) is 79.1 cm³/mol. The minimum atomic E-state index is -0.923. The number of hydrogen-bond acceptors (Lipinski definition) is 3. The Morgan fingerprint density at radius 3 is 2.71 bits per heavy atom. The molecule has 1 aromatic carbocycles. The Bertz CT molecular complexity index is 723. The molecule has 21 heavy (non-hydrogen) atoms. The lowest BCUT2D eigenvalue weighted by Gasteiger charge is -2.27. The molecule has 2 aromatic rings. The molecule has 0 saturated carbocycles. The smallest absolute Gasteiger partial charge is 0.315 e. The van der Waals surface area contributed by atoms with Crippen LogP contribution >= 0.6 is 0 Å². The van der Waals surface area contributed by atoms with Gasteiger partial charge in [-0.05, 0) is 31.0 Å². The molecule has 0 bridgehead atoms. The van der Waals surface area contributed by atoms with E-state index in [9.17, 15) is 9.90 Å². The fourth-order valence-electron chi connectivity index (χ4n) is 2.41. The van der Waals surface area contributed by atoms with Gasteiger partial charge in [-0.2, -0.15) is 0 Å². The van der Waals surface area contributed by atoms with Gasteiger partial charge in [-0.15, -0.1) is 0 Å². The Morgan fingerprint density at radius 1 is 1.38 bits per heavy atom. The molecule has 3 rings (SSSR count). The van der Waals surface area contributed by atoms with Crippen LogP contribution in [0.3, 0.4) is 0 Å². The van der Waals surface area contributed by atoms with Gasteiger partial charge in [0, 0.05) is 5.39 Å². The Balaban J connectivity index is 0.000000497. The molecule has 1 atom stereocenters. The molecule has 1 unspecified atom stereocenters. The third kappa shape index (κ3) is 2.63. The first-order valence-corrected chi connectivity index (χ1v) is 6.41. The molecule has 1 heterocycles. The van der Waals surface area contributed by atoms with E-state index < -0.39 is 11.4 Å². The van der Waals surface area contributed by atoms with Crippen LogP contribution in [0.25, 0.3) is 17.0 Å². The number of benzene rings is 1. The summed E-state index contributed by atoms with van der Waals surface area (Å²) in [6.07, 6.45) is 4.35. The van der Waals surface area contributed by atoms with Crippen molar-refractivity contribution in [2.75, 3.05) is 0 Å². The van der Waals surface area contributed by atoms with Gasteiger partial charge in [0.05, 0.1) is 11.2 Å². The van der Waals surface area contributed by atoms with Gasteiger partial charge in [0.1, 0.15) is 5.41 Å². The molecule has 108 valence electrons. The van der Waals surface area contributed by atoms with E-state index in [1.165, 1.54) is 0 Å². The van der Waals surface area contributed by atoms with Crippen LogP contribution in [0.5, 0.6) is 0 Å². The van der Waals surface area contributed by atoms with Gasteiger partial charge in [-0.25, -0.2) is 0 Å². The van der Waals surface area contributed by atoms with E-state index in [4.69, 9.17) is 9.90 Å². The molecule has 1 aliphatic carbocycles. The van der Waals surface area contributed by atoms with Crippen molar-refractivity contribution in [3.8, 4) is 0 Å². The summed E-state index contributed by atoms with van der Waals surface area (Å²) >= 11 is 0. The number of nitrogens with zero attached hydrogens (tertiary/aromatic N) is 1. The number of pyridine rings is 1. The number of aromatic nitrogens is 1. The highest BCUT2D eigenvalue weighted by Gasteiger charge is 2.39. The molecule has 2 N–H and O–H groups in total. The number of rotatable bonds is 1. The van der Waals surface area contributed by atoms with Crippen molar-refractivity contribution in [1.29, 1.82) is 0 Å². The first kappa shape index (κ1) is 14.7. The number of hydrogen-bond donors (Lipinski definition) is 2. The van der Waals surface area contributed by atoms with Crippen LogP contribution in [0.1, 0.15) is 24.6 Å². The van der Waals surface area contributed by atoms with Crippen molar-refractivity contribution in [1.82, 2.24) is 4.98 Å². The summed E-state index contributed by atoms with van der Waals surface area (Å²) in [5, 5.41) is 17.4. The van der Waals surface area contributed by atoms with Crippen molar-refractivity contribution < 1.29 is 19.8 Å². The van der Waals surface area contributed by atoms with Gasteiger partial charge >= 0.3 is 5.97 Å². The molecule has 0 aliphatic heterocycles. The summed E-state index contributed by atoms with van der Waals surface area (Å²) < 4.78 is 0. The molecule has 0 radical (unpaired) electrons. The zero-order valence-electron chi connectivity index (χ0n) is 11.5. The van der Waals surface area contributed by atoms with E-state index in [-0.39, 0.29) is 6.47 Å². The molecule has 0 saturated heterocycles. The molecule has 0 spiro atoms. The van der Waals surface area contributed by atoms with Crippen molar-refractivity contribution in [3.05, 3.63) is 47.7 Å². The number of para-hydroxylation sites is 1. The Morgan fingerprint density at radius 2 is 2.05 bits per heavy atom. The first-order chi connectivity index (χ1) is 10.0. The largest absolute Gasteiger partial charge is 0.483 e. The van der Waals surface area contributed by atoms with Crippen molar-refractivity contribution >= 4 is 29.4 Å². The quantitative estimate of drug-likeness (QED) is 0.786. The molecular formula is C16H15NO4. The maximum absolute atomic E-state index is 11.5. The van der Waals surface area contributed by atoms with E-state index in [0.717, 1.165) is 16.5 Å². The molecule has 1 aliphatic rings. The molecule has 0 fully saturated rings. The van der Waals surface area contributed by atoms with E-state index in [1.807, 2.05) is 42.5 Å². The normalized spacial score (nSPS) is 19.3. The van der Waals surface area contributed by atoms with E-state index in [1.54, 1.807) is 6.92 Å². The predicted octanol–water partition coefficient (Wildman–Crippen LogP) is 2.69. The number of allylic oxidation sites excluding steroid dienone is 1. The van der Waals surface area contributed by atoms with Crippen molar-refractivity contribution in [2.45, 2.75) is 18.8 Å². The molecule has 0 amide bonds. The summed E-state index contributed by atoms with van der Waals surface area (Å²) in [5.41, 5.74) is 1.49. The molecule has 5 nitrogen and oxygen atoms in total. The van der Waals surface area contributed by atoms with Crippen LogP contribution in [-0.2, 0) is 15.0 Å². The zero-order valence-corrected chi connectivity index (χ0v) is 11.5. The third-order valence-electron chi connectivity index (χ3n) is 3.57. The van der Waals surface area contributed by atoms with Gasteiger partial charge in [0.25, 0.3) is 6.47 Å². The summed E-state index contributed by atoms with van der Waals surface area (Å²) in [7, 11) is 0. The lowest BCUT2D eigenvalue weighted by atomic mass is 9.77. The second-order valence-electron chi connectivity index (χ2n) is 4.97. The van der Waals surface area contributed by atoms with Crippen LogP contribution in [-0.4, -0.2) is 27.6 Å². The van der Waals surface area contributed by atoms with Crippen LogP contribution in [0.4, 0.5) is 0 Å². The number of carbonyl (C=O) groups is 2. The molecule has 1 aromatic heterocycles.